The van der Waals surface area contributed by atoms with E-state index in [1.165, 1.54) is 6.26 Å². The van der Waals surface area contributed by atoms with Gasteiger partial charge in [0.15, 0.2) is 0 Å². The van der Waals surface area contributed by atoms with Crippen LogP contribution < -0.4 is 10.5 Å². The number of hydrogen-bond acceptors (Lipinski definition) is 4. The molecule has 0 saturated carbocycles. The normalized spacial score (nSPS) is 20.1. The third-order valence-corrected chi connectivity index (χ3v) is 3.84. The van der Waals surface area contributed by atoms with Crippen LogP contribution in [0.5, 0.6) is 5.75 Å². The van der Waals surface area contributed by atoms with Gasteiger partial charge in [0, 0.05) is 24.1 Å². The molecular formula is C17H18N2O4. The lowest BCUT2D eigenvalue weighted by Gasteiger charge is -2.35. The fraction of sp³-hybridized carbons (Fsp3) is 0.294. The number of primary amides is 1. The lowest BCUT2D eigenvalue weighted by Crippen LogP contribution is -2.50. The second-order valence-electron chi connectivity index (χ2n) is 5.46. The van der Waals surface area contributed by atoms with Gasteiger partial charge in [0.05, 0.1) is 25.5 Å². The Morgan fingerprint density at radius 3 is 2.96 bits per heavy atom. The van der Waals surface area contributed by atoms with Crippen LogP contribution in [0.3, 0.4) is 0 Å². The molecule has 2 aliphatic rings. The standard InChI is InChI=1S/C17H18N2O4/c18-16(20)10-14-11-22-8-6-19(14)17(21)13-5-7-23-15-4-2-1-3-12(15)9-13/h1-5,7,9,14H,6,8,10-11H2,(H2,18,20). The molecule has 0 spiro atoms. The summed E-state index contributed by atoms with van der Waals surface area (Å²) in [6.45, 7) is 1.20. The predicted octanol–water partition coefficient (Wildman–Crippen LogP) is 1.08. The summed E-state index contributed by atoms with van der Waals surface area (Å²) in [5, 5.41) is 0. The van der Waals surface area contributed by atoms with Gasteiger partial charge in [-0.3, -0.25) is 9.59 Å². The molecule has 2 heterocycles. The Labute approximate surface area is 134 Å². The highest BCUT2D eigenvalue weighted by Crippen LogP contribution is 2.26. The molecule has 0 aliphatic carbocycles. The number of ether oxygens (including phenoxy) is 2. The molecule has 1 saturated heterocycles. The molecule has 1 fully saturated rings. The van der Waals surface area contributed by atoms with Crippen molar-refractivity contribution in [1.29, 1.82) is 0 Å². The minimum atomic E-state index is -0.447. The maximum Gasteiger partial charge on any atom is 0.254 e. The summed E-state index contributed by atoms with van der Waals surface area (Å²) in [5.74, 6) is 0.0932. The Balaban J connectivity index is 1.86. The van der Waals surface area contributed by atoms with Gasteiger partial charge < -0.3 is 20.1 Å². The van der Waals surface area contributed by atoms with Crippen LogP contribution in [0.25, 0.3) is 6.08 Å². The number of rotatable bonds is 3. The number of benzene rings is 1. The van der Waals surface area contributed by atoms with Crippen molar-refractivity contribution < 1.29 is 19.1 Å². The van der Waals surface area contributed by atoms with Crippen molar-refractivity contribution in [1.82, 2.24) is 4.90 Å². The second-order valence-corrected chi connectivity index (χ2v) is 5.46. The van der Waals surface area contributed by atoms with E-state index >= 15 is 0 Å². The number of carbonyl (C=O) groups excluding carboxylic acids is 2. The summed E-state index contributed by atoms with van der Waals surface area (Å²) in [7, 11) is 0. The van der Waals surface area contributed by atoms with Crippen LogP contribution in [0, 0.1) is 0 Å². The Kier molecular flexibility index (Phi) is 4.43. The first-order valence-corrected chi connectivity index (χ1v) is 7.46. The molecule has 1 unspecified atom stereocenters. The maximum atomic E-state index is 12.9. The zero-order valence-electron chi connectivity index (χ0n) is 12.6. The third-order valence-electron chi connectivity index (χ3n) is 3.84. The quantitative estimate of drug-likeness (QED) is 0.905. The van der Waals surface area contributed by atoms with E-state index in [0.717, 1.165) is 5.56 Å². The van der Waals surface area contributed by atoms with Crippen molar-refractivity contribution in [3.63, 3.8) is 0 Å². The van der Waals surface area contributed by atoms with E-state index in [1.54, 1.807) is 17.1 Å². The summed E-state index contributed by atoms with van der Waals surface area (Å²) in [5.41, 5.74) is 6.61. The van der Waals surface area contributed by atoms with Gasteiger partial charge in [-0.15, -0.1) is 0 Å². The second kappa shape index (κ2) is 6.66. The highest BCUT2D eigenvalue weighted by molar-refractivity contribution is 6.01. The lowest BCUT2D eigenvalue weighted by molar-refractivity contribution is -0.137. The van der Waals surface area contributed by atoms with Crippen molar-refractivity contribution in [3.8, 4) is 5.75 Å². The lowest BCUT2D eigenvalue weighted by atomic mass is 10.1. The molecule has 23 heavy (non-hydrogen) atoms. The number of carbonyl (C=O) groups is 2. The van der Waals surface area contributed by atoms with Crippen LogP contribution in [0.1, 0.15) is 12.0 Å². The van der Waals surface area contributed by atoms with E-state index in [9.17, 15) is 9.59 Å². The first-order valence-electron chi connectivity index (χ1n) is 7.46. The van der Waals surface area contributed by atoms with Crippen molar-refractivity contribution in [2.45, 2.75) is 12.5 Å². The van der Waals surface area contributed by atoms with Gasteiger partial charge in [-0.05, 0) is 18.2 Å². The molecule has 6 nitrogen and oxygen atoms in total. The van der Waals surface area contributed by atoms with Crippen molar-refractivity contribution >= 4 is 17.9 Å². The van der Waals surface area contributed by atoms with E-state index in [4.69, 9.17) is 15.2 Å². The largest absolute Gasteiger partial charge is 0.464 e. The number of hydrogen-bond donors (Lipinski definition) is 1. The van der Waals surface area contributed by atoms with Crippen molar-refractivity contribution in [3.05, 3.63) is 47.7 Å². The molecule has 6 heteroatoms. The average Bonchev–Trinajstić information content (AvgIpc) is 2.76. The van der Waals surface area contributed by atoms with Crippen LogP contribution >= 0.6 is 0 Å². The van der Waals surface area contributed by atoms with Gasteiger partial charge in [-0.2, -0.15) is 0 Å². The molecule has 0 aromatic heterocycles. The monoisotopic (exact) mass is 314 g/mol. The first-order chi connectivity index (χ1) is 11.1. The molecule has 2 aliphatic heterocycles. The molecule has 120 valence electrons. The summed E-state index contributed by atoms with van der Waals surface area (Å²) in [6, 6.07) is 7.15. The number of morpholine rings is 1. The molecule has 3 rings (SSSR count). The van der Waals surface area contributed by atoms with Gasteiger partial charge in [-0.25, -0.2) is 0 Å². The average molecular weight is 314 g/mol. The number of para-hydroxylation sites is 1. The predicted molar refractivity (Wildman–Crippen MR) is 84.3 cm³/mol. The van der Waals surface area contributed by atoms with Crippen LogP contribution in [0.2, 0.25) is 0 Å². The van der Waals surface area contributed by atoms with Gasteiger partial charge in [0.2, 0.25) is 5.91 Å². The highest BCUT2D eigenvalue weighted by atomic mass is 16.5. The third kappa shape index (κ3) is 3.43. The molecule has 2 amide bonds. The molecule has 1 aromatic carbocycles. The van der Waals surface area contributed by atoms with E-state index in [0.29, 0.717) is 31.1 Å². The van der Waals surface area contributed by atoms with Gasteiger partial charge in [-0.1, -0.05) is 18.2 Å². The molecular weight excluding hydrogens is 296 g/mol. The Morgan fingerprint density at radius 1 is 1.30 bits per heavy atom. The van der Waals surface area contributed by atoms with Crippen molar-refractivity contribution in [2.75, 3.05) is 19.8 Å². The fourth-order valence-corrected chi connectivity index (χ4v) is 2.73. The van der Waals surface area contributed by atoms with E-state index < -0.39 is 5.91 Å². The Bertz CT molecular complexity index is 681. The van der Waals surface area contributed by atoms with Crippen LogP contribution in [-0.4, -0.2) is 42.5 Å². The smallest absolute Gasteiger partial charge is 0.254 e. The first kappa shape index (κ1) is 15.3. The number of fused-ring (bicyclic) bond motifs is 1. The minimum absolute atomic E-state index is 0.0931. The van der Waals surface area contributed by atoms with Crippen LogP contribution in [-0.2, 0) is 14.3 Å². The summed E-state index contributed by atoms with van der Waals surface area (Å²) < 4.78 is 10.9. The zero-order valence-corrected chi connectivity index (χ0v) is 12.6. The summed E-state index contributed by atoms with van der Waals surface area (Å²) >= 11 is 0. The summed E-state index contributed by atoms with van der Waals surface area (Å²) in [4.78, 5) is 25.7. The topological polar surface area (TPSA) is 81.9 Å². The fourth-order valence-electron chi connectivity index (χ4n) is 2.73. The molecule has 2 N–H and O–H groups in total. The highest BCUT2D eigenvalue weighted by Gasteiger charge is 2.30. The SMILES string of the molecule is NC(=O)CC1COCCN1C(=O)C1=Cc2ccccc2OC=C1. The van der Waals surface area contributed by atoms with E-state index in [2.05, 4.69) is 0 Å². The molecule has 0 bridgehead atoms. The van der Waals surface area contributed by atoms with Crippen LogP contribution in [0.4, 0.5) is 0 Å². The molecule has 0 radical (unpaired) electrons. The number of nitrogens with zero attached hydrogens (tertiary/aromatic N) is 1. The minimum Gasteiger partial charge on any atom is -0.464 e. The Hall–Kier alpha value is -2.60. The van der Waals surface area contributed by atoms with Gasteiger partial charge in [0.25, 0.3) is 5.91 Å². The maximum absolute atomic E-state index is 12.9. The van der Waals surface area contributed by atoms with Crippen LogP contribution in [0.15, 0.2) is 42.2 Å². The molecule has 1 atom stereocenters. The summed E-state index contributed by atoms with van der Waals surface area (Å²) in [6.07, 6.45) is 5.02. The number of amides is 2. The van der Waals surface area contributed by atoms with Gasteiger partial charge in [0.1, 0.15) is 5.75 Å². The number of nitrogens with two attached hydrogens (primary N) is 1. The zero-order chi connectivity index (χ0) is 16.2. The van der Waals surface area contributed by atoms with Gasteiger partial charge >= 0.3 is 0 Å². The Morgan fingerprint density at radius 2 is 2.13 bits per heavy atom. The van der Waals surface area contributed by atoms with Crippen molar-refractivity contribution in [2.24, 2.45) is 5.73 Å². The van der Waals surface area contributed by atoms with E-state index in [1.807, 2.05) is 24.3 Å². The van der Waals surface area contributed by atoms with E-state index in [-0.39, 0.29) is 18.4 Å². The molecule has 1 aromatic rings.